The minimum absolute atomic E-state index is 0.0853. The molecule has 1 aromatic carbocycles. The Bertz CT molecular complexity index is 705. The van der Waals surface area contributed by atoms with Gasteiger partial charge in [-0.15, -0.1) is 0 Å². The molecule has 22 heavy (non-hydrogen) atoms. The fourth-order valence-electron chi connectivity index (χ4n) is 2.68. The lowest BCUT2D eigenvalue weighted by Crippen LogP contribution is -2.27. The van der Waals surface area contributed by atoms with Crippen LogP contribution >= 0.6 is 0 Å². The van der Waals surface area contributed by atoms with Crippen molar-refractivity contribution in [3.8, 4) is 17.0 Å². The summed E-state index contributed by atoms with van der Waals surface area (Å²) in [7, 11) is 3.52. The van der Waals surface area contributed by atoms with Gasteiger partial charge in [0.05, 0.1) is 12.8 Å². The highest BCUT2D eigenvalue weighted by atomic mass is 16.5. The largest absolute Gasteiger partial charge is 0.496 e. The molecule has 1 N–H and O–H groups in total. The molecular weight excluding hydrogens is 276 g/mol. The number of benzene rings is 1. The van der Waals surface area contributed by atoms with Crippen LogP contribution in [-0.4, -0.2) is 18.7 Å². The summed E-state index contributed by atoms with van der Waals surface area (Å²) in [6.45, 7) is 5.40. The number of ether oxygens (including phenoxy) is 1. The first kappa shape index (κ1) is 16.3. The fourth-order valence-corrected chi connectivity index (χ4v) is 2.68. The molecule has 0 aliphatic heterocycles. The van der Waals surface area contributed by atoms with Crippen molar-refractivity contribution in [2.24, 2.45) is 0 Å². The van der Waals surface area contributed by atoms with E-state index in [-0.39, 0.29) is 5.56 Å². The number of rotatable bonds is 6. The molecule has 4 nitrogen and oxygen atoms in total. The molecule has 0 atom stereocenters. The molecule has 118 valence electrons. The normalized spacial score (nSPS) is 10.7. The Kier molecular flexibility index (Phi) is 5.39. The maximum Gasteiger partial charge on any atom is 0.255 e. The molecule has 2 rings (SSSR count). The average Bonchev–Trinajstić information content (AvgIpc) is 2.51. The summed E-state index contributed by atoms with van der Waals surface area (Å²) in [6, 6.07) is 9.97. The Morgan fingerprint density at radius 1 is 1.23 bits per heavy atom. The Hall–Kier alpha value is -2.07. The molecule has 0 aliphatic rings. The van der Waals surface area contributed by atoms with Gasteiger partial charge in [0, 0.05) is 18.7 Å². The summed E-state index contributed by atoms with van der Waals surface area (Å²) in [5, 5.41) is 3.05. The molecule has 0 aliphatic carbocycles. The van der Waals surface area contributed by atoms with Crippen molar-refractivity contribution in [3.05, 3.63) is 51.8 Å². The lowest BCUT2D eigenvalue weighted by molar-refractivity contribution is 0.412. The summed E-state index contributed by atoms with van der Waals surface area (Å²) in [6.07, 6.45) is 0.922. The minimum Gasteiger partial charge on any atom is -0.496 e. The Balaban J connectivity index is 2.57. The molecule has 0 bridgehead atoms. The van der Waals surface area contributed by atoms with Crippen molar-refractivity contribution >= 4 is 0 Å². The van der Waals surface area contributed by atoms with E-state index in [2.05, 4.69) is 18.3 Å². The van der Waals surface area contributed by atoms with Crippen LogP contribution in [0.3, 0.4) is 0 Å². The number of hydrogen-bond acceptors (Lipinski definition) is 3. The number of aryl methyl sites for hydroxylation is 1. The van der Waals surface area contributed by atoms with E-state index in [9.17, 15) is 4.79 Å². The van der Waals surface area contributed by atoms with Gasteiger partial charge in [-0.1, -0.05) is 13.0 Å². The van der Waals surface area contributed by atoms with Crippen molar-refractivity contribution in [2.45, 2.75) is 33.4 Å². The third-order valence-corrected chi connectivity index (χ3v) is 3.76. The van der Waals surface area contributed by atoms with Crippen LogP contribution in [0.2, 0.25) is 0 Å². The Morgan fingerprint density at radius 3 is 2.59 bits per heavy atom. The number of hydrogen-bond donors (Lipinski definition) is 1. The summed E-state index contributed by atoms with van der Waals surface area (Å²) < 4.78 is 7.18. The van der Waals surface area contributed by atoms with E-state index in [1.165, 1.54) is 0 Å². The van der Waals surface area contributed by atoms with E-state index in [0.717, 1.165) is 41.1 Å². The van der Waals surface area contributed by atoms with Gasteiger partial charge in [0.2, 0.25) is 0 Å². The van der Waals surface area contributed by atoms with E-state index < -0.39 is 0 Å². The zero-order valence-corrected chi connectivity index (χ0v) is 13.8. The van der Waals surface area contributed by atoms with Crippen LogP contribution in [0, 0.1) is 6.92 Å². The van der Waals surface area contributed by atoms with Crippen LogP contribution in [0.1, 0.15) is 24.5 Å². The van der Waals surface area contributed by atoms with Crippen molar-refractivity contribution in [3.63, 3.8) is 0 Å². The number of nitrogens with zero attached hydrogens (tertiary/aromatic N) is 1. The second-order valence-corrected chi connectivity index (χ2v) is 5.42. The SMILES string of the molecule is CCCn1c(-c2ccc(OC)c(C)c2)ccc(CNC)c1=O. The van der Waals surface area contributed by atoms with E-state index in [1.54, 1.807) is 7.11 Å². The molecule has 0 amide bonds. The number of pyridine rings is 1. The molecule has 1 heterocycles. The van der Waals surface area contributed by atoms with Gasteiger partial charge >= 0.3 is 0 Å². The molecular formula is C18H24N2O2. The molecule has 0 fully saturated rings. The van der Waals surface area contributed by atoms with Crippen LogP contribution < -0.4 is 15.6 Å². The predicted molar refractivity (Wildman–Crippen MR) is 90.5 cm³/mol. The molecule has 2 aromatic rings. The predicted octanol–water partition coefficient (Wildman–Crippen LogP) is 2.96. The fraction of sp³-hybridized carbons (Fsp3) is 0.389. The maximum absolute atomic E-state index is 12.6. The van der Waals surface area contributed by atoms with Crippen LogP contribution in [0.25, 0.3) is 11.3 Å². The Morgan fingerprint density at radius 2 is 2.00 bits per heavy atom. The summed E-state index contributed by atoms with van der Waals surface area (Å²) in [4.78, 5) is 12.6. The van der Waals surface area contributed by atoms with E-state index in [1.807, 2.05) is 42.8 Å². The zero-order chi connectivity index (χ0) is 16.1. The van der Waals surface area contributed by atoms with Crippen LogP contribution in [0.5, 0.6) is 5.75 Å². The number of methoxy groups -OCH3 is 1. The highest BCUT2D eigenvalue weighted by Gasteiger charge is 2.11. The quantitative estimate of drug-likeness (QED) is 0.892. The molecule has 4 heteroatoms. The highest BCUT2D eigenvalue weighted by Crippen LogP contribution is 2.25. The molecule has 0 saturated carbocycles. The van der Waals surface area contributed by atoms with Gasteiger partial charge in [-0.2, -0.15) is 0 Å². The van der Waals surface area contributed by atoms with Crippen LogP contribution in [0.15, 0.2) is 35.1 Å². The molecule has 0 radical (unpaired) electrons. The smallest absolute Gasteiger partial charge is 0.255 e. The van der Waals surface area contributed by atoms with Crippen LogP contribution in [-0.2, 0) is 13.1 Å². The van der Waals surface area contributed by atoms with Crippen molar-refractivity contribution in [2.75, 3.05) is 14.2 Å². The lowest BCUT2D eigenvalue weighted by Gasteiger charge is -2.15. The number of nitrogens with one attached hydrogen (secondary N) is 1. The van der Waals surface area contributed by atoms with E-state index in [4.69, 9.17) is 4.74 Å². The number of aromatic nitrogens is 1. The highest BCUT2D eigenvalue weighted by molar-refractivity contribution is 5.62. The second-order valence-electron chi connectivity index (χ2n) is 5.42. The van der Waals surface area contributed by atoms with E-state index >= 15 is 0 Å². The average molecular weight is 300 g/mol. The first-order valence-corrected chi connectivity index (χ1v) is 7.64. The van der Waals surface area contributed by atoms with Gasteiger partial charge in [-0.3, -0.25) is 4.79 Å². The zero-order valence-electron chi connectivity index (χ0n) is 13.8. The lowest BCUT2D eigenvalue weighted by atomic mass is 10.1. The van der Waals surface area contributed by atoms with Crippen LogP contribution in [0.4, 0.5) is 0 Å². The third kappa shape index (κ3) is 3.22. The summed E-state index contributed by atoms with van der Waals surface area (Å²) >= 11 is 0. The van der Waals surface area contributed by atoms with Crippen molar-refractivity contribution < 1.29 is 4.74 Å². The molecule has 1 aromatic heterocycles. The van der Waals surface area contributed by atoms with Gasteiger partial charge in [0.25, 0.3) is 5.56 Å². The summed E-state index contributed by atoms with van der Waals surface area (Å²) in [5.41, 5.74) is 3.94. The van der Waals surface area contributed by atoms with Crippen molar-refractivity contribution in [1.29, 1.82) is 0 Å². The van der Waals surface area contributed by atoms with Gasteiger partial charge in [0.1, 0.15) is 5.75 Å². The maximum atomic E-state index is 12.6. The third-order valence-electron chi connectivity index (χ3n) is 3.76. The van der Waals surface area contributed by atoms with Crippen molar-refractivity contribution in [1.82, 2.24) is 9.88 Å². The van der Waals surface area contributed by atoms with E-state index in [0.29, 0.717) is 6.54 Å². The molecule has 0 saturated heterocycles. The first-order valence-electron chi connectivity index (χ1n) is 7.64. The monoisotopic (exact) mass is 300 g/mol. The van der Waals surface area contributed by atoms with Gasteiger partial charge < -0.3 is 14.6 Å². The standard InChI is InChI=1S/C18H24N2O2/c1-5-10-20-16(8-6-15(12-19-3)18(20)21)14-7-9-17(22-4)13(2)11-14/h6-9,11,19H,5,10,12H2,1-4H3. The van der Waals surface area contributed by atoms with Gasteiger partial charge in [-0.25, -0.2) is 0 Å². The minimum atomic E-state index is 0.0853. The first-order chi connectivity index (χ1) is 10.6. The Labute approximate surface area is 131 Å². The van der Waals surface area contributed by atoms with Gasteiger partial charge in [-0.05, 0) is 55.8 Å². The van der Waals surface area contributed by atoms with Gasteiger partial charge in [0.15, 0.2) is 0 Å². The second kappa shape index (κ2) is 7.27. The molecule has 0 spiro atoms. The molecule has 0 unspecified atom stereocenters. The summed E-state index contributed by atoms with van der Waals surface area (Å²) in [5.74, 6) is 0.861. The topological polar surface area (TPSA) is 43.3 Å².